The van der Waals surface area contributed by atoms with E-state index in [2.05, 4.69) is 5.32 Å². The number of hydrogen-bond acceptors (Lipinski definition) is 2. The largest absolute Gasteiger partial charge is 0.417 e. The van der Waals surface area contributed by atoms with Gasteiger partial charge in [-0.3, -0.25) is 4.79 Å². The lowest BCUT2D eigenvalue weighted by atomic mass is 10.1. The zero-order valence-electron chi connectivity index (χ0n) is 10.5. The summed E-state index contributed by atoms with van der Waals surface area (Å²) in [5.41, 5.74) is -1.14. The molecule has 1 aliphatic rings. The molecule has 1 atom stereocenters. The molecule has 0 aromatic heterocycles. The van der Waals surface area contributed by atoms with Crippen molar-refractivity contribution in [2.45, 2.75) is 18.6 Å². The number of carbonyl (C=O) groups is 1. The number of rotatable bonds is 2. The van der Waals surface area contributed by atoms with E-state index in [1.807, 2.05) is 0 Å². The lowest BCUT2D eigenvalue weighted by Crippen LogP contribution is -2.34. The van der Waals surface area contributed by atoms with Gasteiger partial charge in [0, 0.05) is 19.1 Å². The second kappa shape index (κ2) is 5.21. The predicted octanol–water partition coefficient (Wildman–Crippen LogP) is 2.14. The van der Waals surface area contributed by atoms with Gasteiger partial charge in [0.1, 0.15) is 0 Å². The molecule has 1 aromatic carbocycles. The summed E-state index contributed by atoms with van der Waals surface area (Å²) in [6.45, 7) is 0.929. The molecule has 1 saturated heterocycles. The third-order valence-electron chi connectivity index (χ3n) is 3.35. The molecule has 0 spiro atoms. The standard InChI is InChI=1S/C13H15F3N2O/c1-17-9-6-7-18(8-9)12(19)10-4-2-3-5-11(10)13(14,15)16/h2-5,9,17H,6-8H2,1H3/t9-/m1/s1. The van der Waals surface area contributed by atoms with E-state index in [1.165, 1.54) is 23.1 Å². The number of nitrogens with zero attached hydrogens (tertiary/aromatic N) is 1. The predicted molar refractivity (Wildman–Crippen MR) is 64.8 cm³/mol. The fraction of sp³-hybridized carbons (Fsp3) is 0.462. The van der Waals surface area contributed by atoms with Crippen molar-refractivity contribution in [1.29, 1.82) is 0 Å². The maximum atomic E-state index is 12.9. The normalized spacial score (nSPS) is 19.8. The van der Waals surface area contributed by atoms with Crippen LogP contribution in [0.15, 0.2) is 24.3 Å². The van der Waals surface area contributed by atoms with Crippen LogP contribution >= 0.6 is 0 Å². The van der Waals surface area contributed by atoms with Crippen LogP contribution in [0.2, 0.25) is 0 Å². The minimum atomic E-state index is -4.51. The molecule has 104 valence electrons. The Morgan fingerprint density at radius 1 is 1.37 bits per heavy atom. The first-order valence-electron chi connectivity index (χ1n) is 6.06. The Labute approximate surface area is 109 Å². The molecule has 0 aliphatic carbocycles. The summed E-state index contributed by atoms with van der Waals surface area (Å²) in [6.07, 6.45) is -3.75. The van der Waals surface area contributed by atoms with Crippen molar-refractivity contribution in [3.8, 4) is 0 Å². The highest BCUT2D eigenvalue weighted by Gasteiger charge is 2.36. The van der Waals surface area contributed by atoms with Gasteiger partial charge >= 0.3 is 6.18 Å². The Balaban J connectivity index is 2.25. The fourth-order valence-corrected chi connectivity index (χ4v) is 2.27. The maximum Gasteiger partial charge on any atom is 0.417 e. The number of alkyl halides is 3. The summed E-state index contributed by atoms with van der Waals surface area (Å²) in [5, 5.41) is 3.03. The molecular formula is C13H15F3N2O. The molecule has 1 aliphatic heterocycles. The number of nitrogens with one attached hydrogen (secondary N) is 1. The third kappa shape index (κ3) is 2.89. The van der Waals surface area contributed by atoms with E-state index in [4.69, 9.17) is 0 Å². The van der Waals surface area contributed by atoms with Crippen molar-refractivity contribution >= 4 is 5.91 Å². The molecule has 2 rings (SSSR count). The molecular weight excluding hydrogens is 257 g/mol. The van der Waals surface area contributed by atoms with E-state index in [-0.39, 0.29) is 11.6 Å². The van der Waals surface area contributed by atoms with Gasteiger partial charge in [0.25, 0.3) is 5.91 Å². The molecule has 0 unspecified atom stereocenters. The molecule has 6 heteroatoms. The van der Waals surface area contributed by atoms with E-state index in [9.17, 15) is 18.0 Å². The van der Waals surface area contributed by atoms with Gasteiger partial charge in [-0.1, -0.05) is 12.1 Å². The van der Waals surface area contributed by atoms with Crippen LogP contribution in [0.25, 0.3) is 0 Å². The van der Waals surface area contributed by atoms with Crippen LogP contribution in [-0.2, 0) is 6.18 Å². The highest BCUT2D eigenvalue weighted by molar-refractivity contribution is 5.96. The highest BCUT2D eigenvalue weighted by Crippen LogP contribution is 2.32. The van der Waals surface area contributed by atoms with Crippen LogP contribution in [-0.4, -0.2) is 37.0 Å². The number of likely N-dealkylation sites (tertiary alicyclic amines) is 1. The van der Waals surface area contributed by atoms with Crippen LogP contribution < -0.4 is 5.32 Å². The van der Waals surface area contributed by atoms with Crippen LogP contribution in [0, 0.1) is 0 Å². The minimum Gasteiger partial charge on any atom is -0.337 e. The number of likely N-dealkylation sites (N-methyl/N-ethyl adjacent to an activating group) is 1. The minimum absolute atomic E-state index is 0.155. The second-order valence-electron chi connectivity index (χ2n) is 4.57. The van der Waals surface area contributed by atoms with Gasteiger partial charge in [0.05, 0.1) is 11.1 Å². The summed E-state index contributed by atoms with van der Waals surface area (Å²) in [6, 6.07) is 5.08. The van der Waals surface area contributed by atoms with E-state index in [1.54, 1.807) is 7.05 Å². The van der Waals surface area contributed by atoms with Gasteiger partial charge < -0.3 is 10.2 Å². The fourth-order valence-electron chi connectivity index (χ4n) is 2.27. The number of hydrogen-bond donors (Lipinski definition) is 1. The van der Waals surface area contributed by atoms with Crippen LogP contribution in [0.1, 0.15) is 22.3 Å². The molecule has 1 N–H and O–H groups in total. The first-order valence-corrected chi connectivity index (χ1v) is 6.06. The summed E-state index contributed by atoms with van der Waals surface area (Å²) < 4.78 is 38.6. The Hall–Kier alpha value is -1.56. The van der Waals surface area contributed by atoms with Gasteiger partial charge in [-0.2, -0.15) is 13.2 Å². The average molecular weight is 272 g/mol. The number of carbonyl (C=O) groups excluding carboxylic acids is 1. The number of amides is 1. The molecule has 1 fully saturated rings. The molecule has 19 heavy (non-hydrogen) atoms. The molecule has 0 radical (unpaired) electrons. The highest BCUT2D eigenvalue weighted by atomic mass is 19.4. The van der Waals surface area contributed by atoms with Crippen LogP contribution in [0.3, 0.4) is 0 Å². The van der Waals surface area contributed by atoms with Gasteiger partial charge in [0.15, 0.2) is 0 Å². The lowest BCUT2D eigenvalue weighted by molar-refractivity contribution is -0.138. The molecule has 1 amide bonds. The summed E-state index contributed by atoms with van der Waals surface area (Å²) >= 11 is 0. The van der Waals surface area contributed by atoms with E-state index in [0.717, 1.165) is 12.5 Å². The van der Waals surface area contributed by atoms with Gasteiger partial charge in [-0.05, 0) is 25.6 Å². The molecule has 3 nitrogen and oxygen atoms in total. The van der Waals surface area contributed by atoms with E-state index >= 15 is 0 Å². The van der Waals surface area contributed by atoms with Crippen molar-refractivity contribution in [2.24, 2.45) is 0 Å². The lowest BCUT2D eigenvalue weighted by Gasteiger charge is -2.19. The van der Waals surface area contributed by atoms with Crippen molar-refractivity contribution in [3.05, 3.63) is 35.4 Å². The van der Waals surface area contributed by atoms with Gasteiger partial charge in [-0.25, -0.2) is 0 Å². The van der Waals surface area contributed by atoms with Crippen molar-refractivity contribution in [3.63, 3.8) is 0 Å². The third-order valence-corrected chi connectivity index (χ3v) is 3.35. The van der Waals surface area contributed by atoms with Crippen molar-refractivity contribution in [1.82, 2.24) is 10.2 Å². The molecule has 0 saturated carbocycles. The van der Waals surface area contributed by atoms with Gasteiger partial charge in [-0.15, -0.1) is 0 Å². The van der Waals surface area contributed by atoms with Crippen LogP contribution in [0.4, 0.5) is 13.2 Å². The zero-order valence-corrected chi connectivity index (χ0v) is 10.5. The summed E-state index contributed by atoms with van der Waals surface area (Å²) in [7, 11) is 1.78. The second-order valence-corrected chi connectivity index (χ2v) is 4.57. The maximum absolute atomic E-state index is 12.9. The Morgan fingerprint density at radius 2 is 2.05 bits per heavy atom. The Morgan fingerprint density at radius 3 is 2.63 bits per heavy atom. The van der Waals surface area contributed by atoms with Gasteiger partial charge in [0.2, 0.25) is 0 Å². The first-order chi connectivity index (χ1) is 8.93. The van der Waals surface area contributed by atoms with Crippen molar-refractivity contribution < 1.29 is 18.0 Å². The SMILES string of the molecule is CN[C@@H]1CCN(C(=O)c2ccccc2C(F)(F)F)C1. The van der Waals surface area contributed by atoms with E-state index in [0.29, 0.717) is 13.1 Å². The molecule has 1 heterocycles. The topological polar surface area (TPSA) is 32.3 Å². The first kappa shape index (κ1) is 13.9. The average Bonchev–Trinajstić information content (AvgIpc) is 2.85. The monoisotopic (exact) mass is 272 g/mol. The smallest absolute Gasteiger partial charge is 0.337 e. The number of benzene rings is 1. The summed E-state index contributed by atoms with van der Waals surface area (Å²) in [5.74, 6) is -0.550. The Kier molecular flexibility index (Phi) is 3.80. The Bertz CT molecular complexity index is 473. The quantitative estimate of drug-likeness (QED) is 0.894. The molecule has 1 aromatic rings. The summed E-state index contributed by atoms with van der Waals surface area (Å²) in [4.78, 5) is 13.6. The number of halogens is 3. The van der Waals surface area contributed by atoms with Crippen LogP contribution in [0.5, 0.6) is 0 Å². The molecule has 0 bridgehead atoms. The van der Waals surface area contributed by atoms with E-state index < -0.39 is 17.6 Å². The van der Waals surface area contributed by atoms with Crippen molar-refractivity contribution in [2.75, 3.05) is 20.1 Å². The zero-order chi connectivity index (χ0) is 14.0.